The Morgan fingerprint density at radius 3 is 1.89 bits per heavy atom. The number of carbonyl (C=O) groups is 1. The Hall–Kier alpha value is -3.82. The van der Waals surface area contributed by atoms with E-state index >= 15 is 0 Å². The molecule has 4 aromatic carbocycles. The number of hydrogen-bond acceptors (Lipinski definition) is 11. The number of benzene rings is 4. The van der Waals surface area contributed by atoms with E-state index in [2.05, 4.69) is 5.32 Å². The molecule has 8 N–H and O–H groups in total. The van der Waals surface area contributed by atoms with Crippen molar-refractivity contribution < 1.29 is 52.1 Å². The van der Waals surface area contributed by atoms with E-state index in [1.165, 1.54) is 36.4 Å². The molecular formula is C26H26ClN3O12S4. The molecule has 4 rings (SSSR count). The molecule has 0 bridgehead atoms. The van der Waals surface area contributed by atoms with Crippen LogP contribution in [0.15, 0.2) is 87.5 Å². The van der Waals surface area contributed by atoms with Gasteiger partial charge in [-0.25, -0.2) is 8.42 Å². The van der Waals surface area contributed by atoms with Crippen LogP contribution in [0.3, 0.4) is 0 Å². The number of nitrogen functional groups attached to an aromatic ring is 2. The first-order valence-electron chi connectivity index (χ1n) is 12.4. The number of nitrogens with two attached hydrogens (primary N) is 2. The summed E-state index contributed by atoms with van der Waals surface area (Å²) in [6.45, 7) is 0. The maximum atomic E-state index is 12.4. The first-order valence-corrected chi connectivity index (χ1v) is 19.1. The summed E-state index contributed by atoms with van der Waals surface area (Å²) in [5.41, 5.74) is 11.5. The molecule has 0 heterocycles. The van der Waals surface area contributed by atoms with E-state index in [1.807, 2.05) is 0 Å². The van der Waals surface area contributed by atoms with Gasteiger partial charge in [-0.15, -0.1) is 11.6 Å². The molecule has 248 valence electrons. The zero-order chi connectivity index (χ0) is 34.7. The second kappa shape index (κ2) is 13.9. The Morgan fingerprint density at radius 2 is 1.33 bits per heavy atom. The van der Waals surface area contributed by atoms with Crippen LogP contribution in [-0.2, 0) is 45.9 Å². The Kier molecular flexibility index (Phi) is 11.1. The Balaban J connectivity index is 0.000000266. The van der Waals surface area contributed by atoms with Crippen molar-refractivity contribution in [3.63, 3.8) is 0 Å². The number of alkyl halides is 1. The van der Waals surface area contributed by atoms with Crippen molar-refractivity contribution in [2.24, 2.45) is 0 Å². The zero-order valence-corrected chi connectivity index (χ0v) is 27.3. The minimum atomic E-state index is -4.51. The van der Waals surface area contributed by atoms with Gasteiger partial charge < -0.3 is 16.8 Å². The molecule has 0 spiro atoms. The monoisotopic (exact) mass is 735 g/mol. The molecule has 0 saturated carbocycles. The molecule has 0 fully saturated rings. The molecule has 0 atom stereocenters. The number of rotatable bonds is 9. The number of carbonyl (C=O) groups excluding carboxylic acids is 1. The van der Waals surface area contributed by atoms with Crippen LogP contribution in [0, 0.1) is 0 Å². The molecular weight excluding hydrogens is 710 g/mol. The predicted molar refractivity (Wildman–Crippen MR) is 171 cm³/mol. The highest BCUT2D eigenvalue weighted by atomic mass is 35.5. The van der Waals surface area contributed by atoms with Crippen LogP contribution >= 0.6 is 11.6 Å². The van der Waals surface area contributed by atoms with Gasteiger partial charge in [-0.2, -0.15) is 25.3 Å². The van der Waals surface area contributed by atoms with Crippen molar-refractivity contribution >= 4 is 85.5 Å². The Labute approximate surface area is 269 Å². The molecule has 20 heteroatoms. The first kappa shape index (κ1) is 36.6. The minimum absolute atomic E-state index is 0.0104. The smallest absolute Gasteiger partial charge is 0.296 e. The van der Waals surface area contributed by atoms with E-state index in [1.54, 1.807) is 12.1 Å². The van der Waals surface area contributed by atoms with Crippen LogP contribution in [0.4, 0.5) is 17.1 Å². The second-order valence-corrected chi connectivity index (χ2v) is 16.3. The number of anilines is 3. The minimum Gasteiger partial charge on any atom is -0.398 e. The van der Waals surface area contributed by atoms with Gasteiger partial charge in [0.25, 0.3) is 36.3 Å². The average Bonchev–Trinajstić information content (AvgIpc) is 2.91. The van der Waals surface area contributed by atoms with Crippen LogP contribution in [0.5, 0.6) is 0 Å². The molecule has 0 aliphatic heterocycles. The summed E-state index contributed by atoms with van der Waals surface area (Å²) in [6, 6.07) is 15.5. The van der Waals surface area contributed by atoms with Crippen molar-refractivity contribution in [2.75, 3.05) is 28.4 Å². The van der Waals surface area contributed by atoms with Crippen molar-refractivity contribution in [3.05, 3.63) is 83.9 Å². The van der Waals surface area contributed by atoms with Crippen molar-refractivity contribution in [1.29, 1.82) is 0 Å². The third-order valence-electron chi connectivity index (χ3n) is 6.03. The number of halogens is 1. The van der Waals surface area contributed by atoms with Crippen LogP contribution < -0.4 is 16.8 Å². The number of fused-ring (bicyclic) bond motifs is 1. The summed E-state index contributed by atoms with van der Waals surface area (Å²) in [4.78, 5) is 11.0. The van der Waals surface area contributed by atoms with Gasteiger partial charge in [0.05, 0.1) is 27.8 Å². The quantitative estimate of drug-likeness (QED) is 0.0819. The van der Waals surface area contributed by atoms with Crippen LogP contribution in [0.2, 0.25) is 0 Å². The van der Waals surface area contributed by atoms with E-state index in [0.717, 1.165) is 24.3 Å². The van der Waals surface area contributed by atoms with Gasteiger partial charge >= 0.3 is 0 Å². The van der Waals surface area contributed by atoms with E-state index < -0.39 is 55.9 Å². The predicted octanol–water partition coefficient (Wildman–Crippen LogP) is 2.84. The lowest BCUT2D eigenvalue weighted by Gasteiger charge is -2.09. The van der Waals surface area contributed by atoms with Crippen molar-refractivity contribution in [1.82, 2.24) is 0 Å². The topological polar surface area (TPSA) is 278 Å². The maximum Gasteiger partial charge on any atom is 0.296 e. The Morgan fingerprint density at radius 1 is 0.696 bits per heavy atom. The van der Waals surface area contributed by atoms with Gasteiger partial charge in [0.1, 0.15) is 9.79 Å². The fourth-order valence-corrected chi connectivity index (χ4v) is 7.48. The van der Waals surface area contributed by atoms with E-state index in [9.17, 15) is 38.5 Å². The number of nitrogens with one attached hydrogen (secondary N) is 1. The average molecular weight is 736 g/mol. The molecule has 4 aromatic rings. The molecule has 15 nitrogen and oxygen atoms in total. The summed E-state index contributed by atoms with van der Waals surface area (Å²) in [5.74, 6) is -0.948. The normalized spacial score (nSPS) is 12.3. The highest BCUT2D eigenvalue weighted by Crippen LogP contribution is 2.27. The third kappa shape index (κ3) is 9.84. The first-order chi connectivity index (χ1) is 21.1. The molecule has 0 aromatic heterocycles. The van der Waals surface area contributed by atoms with Gasteiger partial charge in [-0.3, -0.25) is 18.5 Å². The molecule has 0 aliphatic carbocycles. The van der Waals surface area contributed by atoms with E-state index in [4.69, 9.17) is 36.7 Å². The molecule has 1 amide bonds. The van der Waals surface area contributed by atoms with Crippen LogP contribution in [-0.4, -0.2) is 64.9 Å². The lowest BCUT2D eigenvalue weighted by Crippen LogP contribution is -2.14. The number of hydrogen-bond donors (Lipinski definition) is 6. The third-order valence-corrected chi connectivity index (χ3v) is 10.7. The van der Waals surface area contributed by atoms with Crippen molar-refractivity contribution in [2.45, 2.75) is 20.4 Å². The molecule has 0 saturated heterocycles. The SMILES string of the molecule is Nc1cc(NC(=O)c2cccc(CS(=O)(=O)CCCl)c2)ccc1S(=O)(=O)O.Nc1cc2ccc(S(=O)(=O)O)cc2cc1S(=O)(=O)O. The summed E-state index contributed by atoms with van der Waals surface area (Å²) in [7, 11) is -16.7. The van der Waals surface area contributed by atoms with Crippen molar-refractivity contribution in [3.8, 4) is 0 Å². The zero-order valence-electron chi connectivity index (χ0n) is 23.2. The van der Waals surface area contributed by atoms with Gasteiger partial charge in [0.15, 0.2) is 9.84 Å². The van der Waals surface area contributed by atoms with Gasteiger partial charge in [0, 0.05) is 17.1 Å². The van der Waals surface area contributed by atoms with Gasteiger partial charge in [-0.05, 0) is 70.9 Å². The lowest BCUT2D eigenvalue weighted by molar-refractivity contribution is 0.102. The number of amides is 1. The fraction of sp³-hybridized carbons (Fsp3) is 0.115. The van der Waals surface area contributed by atoms with Gasteiger partial charge in [0.2, 0.25) is 0 Å². The van der Waals surface area contributed by atoms with Crippen LogP contribution in [0.1, 0.15) is 15.9 Å². The van der Waals surface area contributed by atoms with E-state index in [0.29, 0.717) is 10.9 Å². The fourth-order valence-electron chi connectivity index (χ4n) is 3.97. The number of sulfone groups is 1. The molecule has 0 unspecified atom stereocenters. The second-order valence-electron chi connectivity index (χ2n) is 9.51. The standard InChI is InChI=1S/C16H17ClN2O6S2.C10H9NO6S2/c17-6-7-26(21,22)10-11-2-1-3-12(8-11)16(20)19-13-4-5-15(14(18)9-13)27(23,24)25;11-9-4-6-1-2-8(18(12,13)14)3-7(6)5-10(9)19(15,16)17/h1-5,8-9H,6-7,10,18H2,(H,19,20)(H,23,24,25);1-5H,11H2,(H,12,13,14)(H,15,16,17). The molecule has 0 radical (unpaired) electrons. The largest absolute Gasteiger partial charge is 0.398 e. The van der Waals surface area contributed by atoms with Gasteiger partial charge in [-0.1, -0.05) is 18.2 Å². The summed E-state index contributed by atoms with van der Waals surface area (Å²) < 4.78 is 117. The maximum absolute atomic E-state index is 12.4. The summed E-state index contributed by atoms with van der Waals surface area (Å²) in [6.07, 6.45) is 0. The summed E-state index contributed by atoms with van der Waals surface area (Å²) in [5, 5.41) is 3.20. The summed E-state index contributed by atoms with van der Waals surface area (Å²) >= 11 is 5.47. The molecule has 46 heavy (non-hydrogen) atoms. The lowest BCUT2D eigenvalue weighted by atomic mass is 10.1. The highest BCUT2D eigenvalue weighted by Gasteiger charge is 2.18. The molecule has 0 aliphatic rings. The Bertz CT molecular complexity index is 2260. The van der Waals surface area contributed by atoms with Crippen LogP contribution in [0.25, 0.3) is 10.8 Å². The van der Waals surface area contributed by atoms with E-state index in [-0.39, 0.29) is 50.3 Å². The highest BCUT2D eigenvalue weighted by molar-refractivity contribution is 7.90.